The van der Waals surface area contributed by atoms with Crippen molar-refractivity contribution in [3.8, 4) is 0 Å². The summed E-state index contributed by atoms with van der Waals surface area (Å²) in [4.78, 5) is 14.4. The summed E-state index contributed by atoms with van der Waals surface area (Å²) in [5.41, 5.74) is 0.587. The maximum absolute atomic E-state index is 12.5. The molecule has 1 N–H and O–H groups in total. The summed E-state index contributed by atoms with van der Waals surface area (Å²) < 4.78 is 1.97. The predicted molar refractivity (Wildman–Crippen MR) is 86.9 cm³/mol. The molecule has 122 valence electrons. The lowest BCUT2D eigenvalue weighted by Gasteiger charge is -2.26. The highest BCUT2D eigenvalue weighted by atomic mass is 16.2. The first kappa shape index (κ1) is 15.5. The van der Waals surface area contributed by atoms with Crippen LogP contribution in [-0.4, -0.2) is 47.3 Å². The predicted octanol–water partition coefficient (Wildman–Crippen LogP) is 2.46. The zero-order valence-corrected chi connectivity index (χ0v) is 13.6. The molecule has 0 aromatic carbocycles. The van der Waals surface area contributed by atoms with E-state index < -0.39 is 0 Å². The summed E-state index contributed by atoms with van der Waals surface area (Å²) in [5, 5.41) is 7.93. The highest BCUT2D eigenvalue weighted by molar-refractivity contribution is 5.92. The summed E-state index contributed by atoms with van der Waals surface area (Å²) in [6.45, 7) is 2.91. The van der Waals surface area contributed by atoms with Gasteiger partial charge in [0.2, 0.25) is 0 Å². The molecule has 1 aromatic rings. The maximum Gasteiger partial charge on any atom is 0.274 e. The number of aromatic nitrogens is 2. The summed E-state index contributed by atoms with van der Waals surface area (Å²) in [5.74, 6) is 0.737. The molecule has 1 aromatic heterocycles. The first-order chi connectivity index (χ1) is 10.7. The molecule has 1 saturated heterocycles. The van der Waals surface area contributed by atoms with Gasteiger partial charge < -0.3 is 10.2 Å². The second kappa shape index (κ2) is 7.27. The molecular formula is C17H28N4O. The summed E-state index contributed by atoms with van der Waals surface area (Å²) in [6.07, 6.45) is 10.8. The average Bonchev–Trinajstić information content (AvgIpc) is 3.06. The molecule has 5 heteroatoms. The Morgan fingerprint density at radius 2 is 2.14 bits per heavy atom. The van der Waals surface area contributed by atoms with E-state index in [0.717, 1.165) is 26.1 Å². The first-order valence-corrected chi connectivity index (χ1v) is 8.75. The van der Waals surface area contributed by atoms with Gasteiger partial charge in [-0.05, 0) is 44.2 Å². The van der Waals surface area contributed by atoms with Gasteiger partial charge in [-0.3, -0.25) is 9.48 Å². The van der Waals surface area contributed by atoms with Gasteiger partial charge in [0.05, 0.1) is 6.04 Å². The van der Waals surface area contributed by atoms with E-state index in [2.05, 4.69) is 10.4 Å². The van der Waals surface area contributed by atoms with Crippen LogP contribution >= 0.6 is 0 Å². The SMILES string of the molecule is CN(CC1CCCCC1)C(=O)c1ccn(C2CCCNC2)n1. The molecule has 1 atom stereocenters. The third-order valence-electron chi connectivity index (χ3n) is 5.08. The quantitative estimate of drug-likeness (QED) is 0.929. The lowest BCUT2D eigenvalue weighted by molar-refractivity contribution is 0.0753. The number of nitrogens with zero attached hydrogens (tertiary/aromatic N) is 3. The van der Waals surface area contributed by atoms with Crippen LogP contribution in [0, 0.1) is 5.92 Å². The van der Waals surface area contributed by atoms with Gasteiger partial charge in [-0.2, -0.15) is 5.10 Å². The second-order valence-corrected chi connectivity index (χ2v) is 6.87. The Hall–Kier alpha value is -1.36. The zero-order valence-electron chi connectivity index (χ0n) is 13.6. The van der Waals surface area contributed by atoms with Crippen LogP contribution < -0.4 is 5.32 Å². The normalized spacial score (nSPS) is 23.4. The van der Waals surface area contributed by atoms with E-state index in [0.29, 0.717) is 17.7 Å². The summed E-state index contributed by atoms with van der Waals surface area (Å²) in [7, 11) is 1.91. The third-order valence-corrected chi connectivity index (χ3v) is 5.08. The van der Waals surface area contributed by atoms with Gasteiger partial charge >= 0.3 is 0 Å². The number of hydrogen-bond acceptors (Lipinski definition) is 3. The van der Waals surface area contributed by atoms with E-state index in [1.165, 1.54) is 38.5 Å². The van der Waals surface area contributed by atoms with Crippen molar-refractivity contribution in [2.24, 2.45) is 5.92 Å². The molecular weight excluding hydrogens is 276 g/mol. The number of rotatable bonds is 4. The molecule has 0 bridgehead atoms. The molecule has 5 nitrogen and oxygen atoms in total. The fourth-order valence-corrected chi connectivity index (χ4v) is 3.75. The molecule has 2 fully saturated rings. The molecule has 2 heterocycles. The standard InChI is InChI=1S/C17H28N4O/c1-20(13-14-6-3-2-4-7-14)17(22)16-9-11-21(19-16)15-8-5-10-18-12-15/h9,11,14-15,18H,2-8,10,12-13H2,1H3. The third kappa shape index (κ3) is 3.69. The minimum Gasteiger partial charge on any atom is -0.340 e. The van der Waals surface area contributed by atoms with Crippen LogP contribution in [0.15, 0.2) is 12.3 Å². The van der Waals surface area contributed by atoms with Gasteiger partial charge in [-0.25, -0.2) is 0 Å². The average molecular weight is 304 g/mol. The molecule has 1 aliphatic carbocycles. The minimum absolute atomic E-state index is 0.0630. The van der Waals surface area contributed by atoms with Crippen molar-refractivity contribution in [2.75, 3.05) is 26.7 Å². The van der Waals surface area contributed by atoms with Crippen molar-refractivity contribution < 1.29 is 4.79 Å². The van der Waals surface area contributed by atoms with Crippen molar-refractivity contribution in [1.29, 1.82) is 0 Å². The van der Waals surface area contributed by atoms with Gasteiger partial charge in [0.15, 0.2) is 0 Å². The smallest absolute Gasteiger partial charge is 0.274 e. The van der Waals surface area contributed by atoms with Gasteiger partial charge in [0, 0.05) is 26.3 Å². The van der Waals surface area contributed by atoms with Crippen LogP contribution in [0.4, 0.5) is 0 Å². The number of hydrogen-bond donors (Lipinski definition) is 1. The van der Waals surface area contributed by atoms with Crippen LogP contribution in [-0.2, 0) is 0 Å². The number of carbonyl (C=O) groups excluding carboxylic acids is 1. The van der Waals surface area contributed by atoms with Crippen molar-refractivity contribution in [3.63, 3.8) is 0 Å². The van der Waals surface area contributed by atoms with Crippen LogP contribution in [0.2, 0.25) is 0 Å². The molecule has 0 radical (unpaired) electrons. The molecule has 1 saturated carbocycles. The van der Waals surface area contributed by atoms with Crippen molar-refractivity contribution in [2.45, 2.75) is 51.0 Å². The molecule has 22 heavy (non-hydrogen) atoms. The highest BCUT2D eigenvalue weighted by Gasteiger charge is 2.22. The molecule has 1 aliphatic heterocycles. The fraction of sp³-hybridized carbons (Fsp3) is 0.765. The lowest BCUT2D eigenvalue weighted by atomic mass is 9.89. The van der Waals surface area contributed by atoms with Crippen LogP contribution in [0.1, 0.15) is 61.5 Å². The fourth-order valence-electron chi connectivity index (χ4n) is 3.75. The van der Waals surface area contributed by atoms with E-state index >= 15 is 0 Å². The van der Waals surface area contributed by atoms with Gasteiger partial charge in [0.1, 0.15) is 5.69 Å². The van der Waals surface area contributed by atoms with Crippen molar-refractivity contribution >= 4 is 5.91 Å². The van der Waals surface area contributed by atoms with Gasteiger partial charge in [-0.1, -0.05) is 19.3 Å². The lowest BCUT2D eigenvalue weighted by Crippen LogP contribution is -2.34. The first-order valence-electron chi connectivity index (χ1n) is 8.75. The van der Waals surface area contributed by atoms with Gasteiger partial charge in [-0.15, -0.1) is 0 Å². The van der Waals surface area contributed by atoms with E-state index in [1.807, 2.05) is 28.9 Å². The Bertz CT molecular complexity index is 487. The topological polar surface area (TPSA) is 50.2 Å². The van der Waals surface area contributed by atoms with Crippen molar-refractivity contribution in [3.05, 3.63) is 18.0 Å². The minimum atomic E-state index is 0.0630. The maximum atomic E-state index is 12.5. The molecule has 2 aliphatic rings. The number of amides is 1. The largest absolute Gasteiger partial charge is 0.340 e. The van der Waals surface area contributed by atoms with E-state index in [9.17, 15) is 4.79 Å². The molecule has 1 amide bonds. The zero-order chi connectivity index (χ0) is 15.4. The summed E-state index contributed by atoms with van der Waals surface area (Å²) in [6, 6.07) is 2.26. The monoisotopic (exact) mass is 304 g/mol. The Balaban J connectivity index is 1.58. The van der Waals surface area contributed by atoms with Crippen LogP contribution in [0.5, 0.6) is 0 Å². The van der Waals surface area contributed by atoms with Crippen LogP contribution in [0.3, 0.4) is 0 Å². The number of nitrogens with one attached hydrogen (secondary N) is 1. The Morgan fingerprint density at radius 1 is 1.32 bits per heavy atom. The van der Waals surface area contributed by atoms with E-state index in [1.54, 1.807) is 0 Å². The number of carbonyl (C=O) groups is 1. The molecule has 1 unspecified atom stereocenters. The Morgan fingerprint density at radius 3 is 2.86 bits per heavy atom. The van der Waals surface area contributed by atoms with E-state index in [-0.39, 0.29) is 5.91 Å². The van der Waals surface area contributed by atoms with Crippen LogP contribution in [0.25, 0.3) is 0 Å². The summed E-state index contributed by atoms with van der Waals surface area (Å²) >= 11 is 0. The Kier molecular flexibility index (Phi) is 5.13. The van der Waals surface area contributed by atoms with E-state index in [4.69, 9.17) is 0 Å². The van der Waals surface area contributed by atoms with Crippen molar-refractivity contribution in [1.82, 2.24) is 20.0 Å². The van der Waals surface area contributed by atoms with Gasteiger partial charge in [0.25, 0.3) is 5.91 Å². The number of piperidine rings is 1. The molecule has 0 spiro atoms. The Labute approximate surface area is 133 Å². The highest BCUT2D eigenvalue weighted by Crippen LogP contribution is 2.24. The molecule has 3 rings (SSSR count). The second-order valence-electron chi connectivity index (χ2n) is 6.87.